The minimum atomic E-state index is -1.12. The van der Waals surface area contributed by atoms with E-state index in [4.69, 9.17) is 10.2 Å². The quantitative estimate of drug-likeness (QED) is 0.571. The highest BCUT2D eigenvalue weighted by Crippen LogP contribution is 2.13. The van der Waals surface area contributed by atoms with Gasteiger partial charge in [0.2, 0.25) is 5.91 Å². The molecule has 1 atom stereocenters. The van der Waals surface area contributed by atoms with Gasteiger partial charge in [0, 0.05) is 12.2 Å². The smallest absolute Gasteiger partial charge is 0.321 e. The molecule has 6 heteroatoms. The first-order valence-corrected chi connectivity index (χ1v) is 5.97. The zero-order chi connectivity index (χ0) is 14.3. The van der Waals surface area contributed by atoms with Gasteiger partial charge in [-0.05, 0) is 18.6 Å². The van der Waals surface area contributed by atoms with Crippen LogP contribution in [0.15, 0.2) is 24.3 Å². The number of amides is 1. The molecule has 0 bridgehead atoms. The molecule has 0 spiro atoms. The summed E-state index contributed by atoms with van der Waals surface area (Å²) in [7, 11) is 0. The van der Waals surface area contributed by atoms with Gasteiger partial charge in [-0.1, -0.05) is 18.2 Å². The van der Waals surface area contributed by atoms with Gasteiger partial charge in [-0.2, -0.15) is 0 Å². The van der Waals surface area contributed by atoms with Gasteiger partial charge in [0.05, 0.1) is 13.0 Å². The van der Waals surface area contributed by atoms with Crippen LogP contribution in [0.2, 0.25) is 0 Å². The second kappa shape index (κ2) is 7.50. The zero-order valence-corrected chi connectivity index (χ0v) is 10.7. The van der Waals surface area contributed by atoms with E-state index < -0.39 is 12.0 Å². The summed E-state index contributed by atoms with van der Waals surface area (Å²) < 4.78 is 0. The maximum absolute atomic E-state index is 11.8. The molecule has 1 rings (SSSR count). The number of aryl methyl sites for hydroxylation is 1. The zero-order valence-electron chi connectivity index (χ0n) is 10.7. The van der Waals surface area contributed by atoms with Gasteiger partial charge in [0.1, 0.15) is 6.04 Å². The SMILES string of the molecule is Cc1ccccc1NC(=O)C[C@H](NCCO)C(=O)O. The Balaban J connectivity index is 2.58. The normalized spacial score (nSPS) is 11.9. The summed E-state index contributed by atoms with van der Waals surface area (Å²) in [6.45, 7) is 1.81. The number of carbonyl (C=O) groups excluding carboxylic acids is 1. The van der Waals surface area contributed by atoms with Gasteiger partial charge >= 0.3 is 5.97 Å². The summed E-state index contributed by atoms with van der Waals surface area (Å²) in [6, 6.07) is 6.25. The van der Waals surface area contributed by atoms with Crippen molar-refractivity contribution in [2.45, 2.75) is 19.4 Å². The molecule has 1 aromatic carbocycles. The fourth-order valence-electron chi connectivity index (χ4n) is 1.59. The van der Waals surface area contributed by atoms with E-state index in [0.717, 1.165) is 5.56 Å². The lowest BCUT2D eigenvalue weighted by molar-refractivity contribution is -0.141. The molecule has 0 aliphatic rings. The molecule has 19 heavy (non-hydrogen) atoms. The molecular weight excluding hydrogens is 248 g/mol. The van der Waals surface area contributed by atoms with Gasteiger partial charge in [-0.15, -0.1) is 0 Å². The number of carboxylic acids is 1. The van der Waals surface area contributed by atoms with Crippen molar-refractivity contribution in [1.82, 2.24) is 5.32 Å². The summed E-state index contributed by atoms with van der Waals surface area (Å²) in [6.07, 6.45) is -0.191. The van der Waals surface area contributed by atoms with Crippen molar-refractivity contribution >= 4 is 17.6 Å². The highest BCUT2D eigenvalue weighted by Gasteiger charge is 2.20. The van der Waals surface area contributed by atoms with E-state index in [9.17, 15) is 9.59 Å². The summed E-state index contributed by atoms with van der Waals surface area (Å²) in [4.78, 5) is 22.7. The number of carbonyl (C=O) groups is 2. The van der Waals surface area contributed by atoms with E-state index in [2.05, 4.69) is 10.6 Å². The predicted octanol–water partition coefficient (Wildman–Crippen LogP) is 0.359. The third kappa shape index (κ3) is 5.07. The topological polar surface area (TPSA) is 98.7 Å². The third-order valence-corrected chi connectivity index (χ3v) is 2.61. The van der Waals surface area contributed by atoms with Crippen LogP contribution in [0.1, 0.15) is 12.0 Å². The van der Waals surface area contributed by atoms with E-state index >= 15 is 0 Å². The van der Waals surface area contributed by atoms with E-state index in [1.807, 2.05) is 19.1 Å². The van der Waals surface area contributed by atoms with Crippen LogP contribution in [0, 0.1) is 6.92 Å². The lowest BCUT2D eigenvalue weighted by Crippen LogP contribution is -2.41. The van der Waals surface area contributed by atoms with E-state index in [-0.39, 0.29) is 25.5 Å². The predicted molar refractivity (Wildman–Crippen MR) is 70.9 cm³/mol. The van der Waals surface area contributed by atoms with Crippen LogP contribution < -0.4 is 10.6 Å². The van der Waals surface area contributed by atoms with Crippen LogP contribution in [0.25, 0.3) is 0 Å². The fraction of sp³-hybridized carbons (Fsp3) is 0.385. The third-order valence-electron chi connectivity index (χ3n) is 2.61. The molecule has 0 heterocycles. The second-order valence-corrected chi connectivity index (χ2v) is 4.14. The molecule has 0 saturated carbocycles. The Morgan fingerprint density at radius 2 is 2.00 bits per heavy atom. The number of rotatable bonds is 7. The number of hydrogen-bond acceptors (Lipinski definition) is 4. The maximum Gasteiger partial charge on any atom is 0.321 e. The number of hydrogen-bond donors (Lipinski definition) is 4. The highest BCUT2D eigenvalue weighted by molar-refractivity contribution is 5.94. The molecule has 0 aliphatic heterocycles. The van der Waals surface area contributed by atoms with Crippen molar-refractivity contribution in [3.63, 3.8) is 0 Å². The summed E-state index contributed by atoms with van der Waals surface area (Å²) >= 11 is 0. The molecule has 0 aliphatic carbocycles. The summed E-state index contributed by atoms with van der Waals surface area (Å²) in [5.41, 5.74) is 1.57. The number of benzene rings is 1. The number of anilines is 1. The average Bonchev–Trinajstić information content (AvgIpc) is 2.37. The summed E-state index contributed by atoms with van der Waals surface area (Å²) in [5.74, 6) is -1.50. The van der Waals surface area contributed by atoms with Gasteiger partial charge in [-0.25, -0.2) is 0 Å². The number of aliphatic carboxylic acids is 1. The molecule has 0 radical (unpaired) electrons. The van der Waals surface area contributed by atoms with Crippen LogP contribution in [0.3, 0.4) is 0 Å². The van der Waals surface area contributed by atoms with E-state index in [0.29, 0.717) is 5.69 Å². The van der Waals surface area contributed by atoms with Crippen molar-refractivity contribution in [3.05, 3.63) is 29.8 Å². The van der Waals surface area contributed by atoms with Crippen molar-refractivity contribution < 1.29 is 19.8 Å². The number of aliphatic hydroxyl groups is 1. The van der Waals surface area contributed by atoms with E-state index in [1.165, 1.54) is 0 Å². The van der Waals surface area contributed by atoms with Crippen LogP contribution in [0.4, 0.5) is 5.69 Å². The molecular formula is C13H18N2O4. The lowest BCUT2D eigenvalue weighted by atomic mass is 10.1. The monoisotopic (exact) mass is 266 g/mol. The Labute approximate surface area is 111 Å². The van der Waals surface area contributed by atoms with Crippen molar-refractivity contribution in [2.75, 3.05) is 18.5 Å². The Bertz CT molecular complexity index is 448. The first-order valence-electron chi connectivity index (χ1n) is 5.97. The largest absolute Gasteiger partial charge is 0.480 e. The van der Waals surface area contributed by atoms with Gasteiger partial charge in [-0.3, -0.25) is 9.59 Å². The minimum Gasteiger partial charge on any atom is -0.480 e. The molecule has 6 nitrogen and oxygen atoms in total. The van der Waals surface area contributed by atoms with Crippen LogP contribution >= 0.6 is 0 Å². The molecule has 0 aromatic heterocycles. The Hall–Kier alpha value is -1.92. The number of nitrogens with one attached hydrogen (secondary N) is 2. The molecule has 4 N–H and O–H groups in total. The van der Waals surface area contributed by atoms with Gasteiger partial charge < -0.3 is 20.8 Å². The highest BCUT2D eigenvalue weighted by atomic mass is 16.4. The molecule has 1 aromatic rings. The Kier molecular flexibility index (Phi) is 5.98. The molecule has 0 saturated heterocycles. The molecule has 1 amide bonds. The number of carboxylic acid groups (broad SMARTS) is 1. The fourth-order valence-corrected chi connectivity index (χ4v) is 1.59. The Morgan fingerprint density at radius 3 is 2.58 bits per heavy atom. The van der Waals surface area contributed by atoms with Crippen molar-refractivity contribution in [2.24, 2.45) is 0 Å². The Morgan fingerprint density at radius 1 is 1.32 bits per heavy atom. The lowest BCUT2D eigenvalue weighted by Gasteiger charge is -2.14. The number of para-hydroxylation sites is 1. The summed E-state index contributed by atoms with van der Waals surface area (Å²) in [5, 5.41) is 22.8. The minimum absolute atomic E-state index is 0.134. The van der Waals surface area contributed by atoms with Crippen molar-refractivity contribution in [3.8, 4) is 0 Å². The second-order valence-electron chi connectivity index (χ2n) is 4.14. The van der Waals surface area contributed by atoms with Crippen LogP contribution in [-0.2, 0) is 9.59 Å². The molecule has 104 valence electrons. The van der Waals surface area contributed by atoms with Crippen LogP contribution in [0.5, 0.6) is 0 Å². The van der Waals surface area contributed by atoms with Crippen LogP contribution in [-0.4, -0.2) is 41.3 Å². The average molecular weight is 266 g/mol. The molecule has 0 unspecified atom stereocenters. The van der Waals surface area contributed by atoms with Gasteiger partial charge in [0.15, 0.2) is 0 Å². The number of aliphatic hydroxyl groups excluding tert-OH is 1. The standard InChI is InChI=1S/C13H18N2O4/c1-9-4-2-3-5-10(9)15-12(17)8-11(13(18)19)14-6-7-16/h2-5,11,14,16H,6-8H2,1H3,(H,15,17)(H,18,19)/t11-/m0/s1. The first kappa shape index (κ1) is 15.1. The van der Waals surface area contributed by atoms with Crippen molar-refractivity contribution in [1.29, 1.82) is 0 Å². The van der Waals surface area contributed by atoms with E-state index in [1.54, 1.807) is 12.1 Å². The first-order chi connectivity index (χ1) is 9.04. The van der Waals surface area contributed by atoms with Gasteiger partial charge in [0.25, 0.3) is 0 Å². The maximum atomic E-state index is 11.8. The molecule has 0 fully saturated rings.